The van der Waals surface area contributed by atoms with E-state index in [-0.39, 0.29) is 5.56 Å². The molecule has 0 amide bonds. The summed E-state index contributed by atoms with van der Waals surface area (Å²) in [7, 11) is 0. The average molecular weight is 273 g/mol. The molecule has 20 heavy (non-hydrogen) atoms. The quantitative estimate of drug-likeness (QED) is 0.929. The van der Waals surface area contributed by atoms with Gasteiger partial charge in [-0.05, 0) is 45.0 Å². The molecule has 1 aromatic carbocycles. The van der Waals surface area contributed by atoms with Gasteiger partial charge in [0.1, 0.15) is 5.52 Å². The lowest BCUT2D eigenvalue weighted by Crippen LogP contribution is -2.26. The molecule has 1 aliphatic rings. The molecule has 5 nitrogen and oxygen atoms in total. The summed E-state index contributed by atoms with van der Waals surface area (Å²) in [6.07, 6.45) is 4.32. The van der Waals surface area contributed by atoms with Gasteiger partial charge in [0.05, 0.1) is 17.4 Å². The van der Waals surface area contributed by atoms with Gasteiger partial charge in [-0.2, -0.15) is 0 Å². The van der Waals surface area contributed by atoms with Crippen LogP contribution in [0.5, 0.6) is 0 Å². The summed E-state index contributed by atoms with van der Waals surface area (Å²) in [6.45, 7) is 5.48. The topological polar surface area (TPSA) is 58.4 Å². The third kappa shape index (κ3) is 2.29. The molecule has 106 valence electrons. The zero-order chi connectivity index (χ0) is 14.1. The van der Waals surface area contributed by atoms with Crippen LogP contribution in [0.3, 0.4) is 0 Å². The van der Waals surface area contributed by atoms with Gasteiger partial charge < -0.3 is 14.6 Å². The molecule has 2 aromatic rings. The molecular formula is C15H19N3O2. The van der Waals surface area contributed by atoms with Gasteiger partial charge in [0.25, 0.3) is 0 Å². The number of hydrogen-bond acceptors (Lipinski definition) is 3. The smallest absolute Gasteiger partial charge is 0.337 e. The Kier molecular flexibility index (Phi) is 3.44. The molecular weight excluding hydrogens is 254 g/mol. The molecule has 1 saturated heterocycles. The summed E-state index contributed by atoms with van der Waals surface area (Å²) in [5.41, 5.74) is 1.75. The van der Waals surface area contributed by atoms with Crippen LogP contribution in [-0.4, -0.2) is 45.2 Å². The standard InChI is InChI=1S/C15H19N3O2/c1-11(9-17-7-2-3-8-17)18-10-16-14-12(15(19)20)5-4-6-13(14)18/h4-6,10-11H,2-3,7-9H2,1H3,(H,19,20). The number of carboxylic acids is 1. The van der Waals surface area contributed by atoms with E-state index in [0.29, 0.717) is 11.6 Å². The number of carbonyl (C=O) groups is 1. The first-order valence-corrected chi connectivity index (χ1v) is 7.08. The van der Waals surface area contributed by atoms with Gasteiger partial charge in [-0.3, -0.25) is 0 Å². The molecule has 0 radical (unpaired) electrons. The number of hydrogen-bond donors (Lipinski definition) is 1. The number of carboxylic acid groups (broad SMARTS) is 1. The Morgan fingerprint density at radius 3 is 2.85 bits per heavy atom. The first-order valence-electron chi connectivity index (χ1n) is 7.08. The number of imidazole rings is 1. The monoisotopic (exact) mass is 273 g/mol. The van der Waals surface area contributed by atoms with E-state index < -0.39 is 5.97 Å². The molecule has 0 spiro atoms. The van der Waals surface area contributed by atoms with E-state index in [0.717, 1.165) is 25.2 Å². The Bertz CT molecular complexity index is 629. The SMILES string of the molecule is CC(CN1CCCC1)n1cnc2c(C(=O)O)cccc21. The Morgan fingerprint density at radius 1 is 1.40 bits per heavy atom. The van der Waals surface area contributed by atoms with Crippen molar-refractivity contribution in [3.63, 3.8) is 0 Å². The number of benzene rings is 1. The summed E-state index contributed by atoms with van der Waals surface area (Å²) in [5.74, 6) is -0.923. The van der Waals surface area contributed by atoms with Gasteiger partial charge in [0.2, 0.25) is 0 Å². The highest BCUT2D eigenvalue weighted by molar-refractivity contribution is 6.00. The second-order valence-electron chi connectivity index (χ2n) is 5.49. The summed E-state index contributed by atoms with van der Waals surface area (Å²) in [4.78, 5) is 18.0. The molecule has 2 heterocycles. The maximum atomic E-state index is 11.2. The number of nitrogens with zero attached hydrogens (tertiary/aromatic N) is 3. The number of aromatic carboxylic acids is 1. The van der Waals surface area contributed by atoms with Crippen molar-refractivity contribution >= 4 is 17.0 Å². The maximum Gasteiger partial charge on any atom is 0.337 e. The number of aromatic nitrogens is 2. The lowest BCUT2D eigenvalue weighted by Gasteiger charge is -2.21. The predicted molar refractivity (Wildman–Crippen MR) is 77.1 cm³/mol. The lowest BCUT2D eigenvalue weighted by atomic mass is 10.2. The van der Waals surface area contributed by atoms with Gasteiger partial charge in [0, 0.05) is 12.6 Å². The molecule has 1 aromatic heterocycles. The number of fused-ring (bicyclic) bond motifs is 1. The van der Waals surface area contributed by atoms with E-state index in [1.54, 1.807) is 18.5 Å². The van der Waals surface area contributed by atoms with Crippen LogP contribution >= 0.6 is 0 Å². The fourth-order valence-corrected chi connectivity index (χ4v) is 3.01. The van der Waals surface area contributed by atoms with Gasteiger partial charge in [0.15, 0.2) is 0 Å². The Labute approximate surface area is 117 Å². The first-order chi connectivity index (χ1) is 9.66. The number of likely N-dealkylation sites (tertiary alicyclic amines) is 1. The largest absolute Gasteiger partial charge is 0.478 e. The second-order valence-corrected chi connectivity index (χ2v) is 5.49. The third-order valence-corrected chi connectivity index (χ3v) is 4.03. The fourth-order valence-electron chi connectivity index (χ4n) is 3.01. The van der Waals surface area contributed by atoms with Crippen LogP contribution < -0.4 is 0 Å². The highest BCUT2D eigenvalue weighted by atomic mass is 16.4. The van der Waals surface area contributed by atoms with E-state index in [1.165, 1.54) is 12.8 Å². The van der Waals surface area contributed by atoms with E-state index in [4.69, 9.17) is 0 Å². The highest BCUT2D eigenvalue weighted by Gasteiger charge is 2.18. The van der Waals surface area contributed by atoms with E-state index in [9.17, 15) is 9.90 Å². The van der Waals surface area contributed by atoms with Crippen molar-refractivity contribution in [2.45, 2.75) is 25.8 Å². The molecule has 0 saturated carbocycles. The normalized spacial score (nSPS) is 17.6. The van der Waals surface area contributed by atoms with Crippen molar-refractivity contribution in [3.8, 4) is 0 Å². The molecule has 5 heteroatoms. The minimum absolute atomic E-state index is 0.273. The first kappa shape index (κ1) is 13.1. The zero-order valence-electron chi connectivity index (χ0n) is 11.6. The number of para-hydroxylation sites is 1. The van der Waals surface area contributed by atoms with Crippen molar-refractivity contribution in [2.75, 3.05) is 19.6 Å². The minimum Gasteiger partial charge on any atom is -0.478 e. The molecule has 1 unspecified atom stereocenters. The fraction of sp³-hybridized carbons (Fsp3) is 0.467. The summed E-state index contributed by atoms with van der Waals surface area (Å²) in [6, 6.07) is 5.62. The van der Waals surface area contributed by atoms with Crippen LogP contribution in [0.2, 0.25) is 0 Å². The average Bonchev–Trinajstić information content (AvgIpc) is 3.06. The molecule has 3 rings (SSSR count). The molecule has 0 aliphatic carbocycles. The van der Waals surface area contributed by atoms with Gasteiger partial charge >= 0.3 is 5.97 Å². The summed E-state index contributed by atoms with van der Waals surface area (Å²) in [5, 5.41) is 9.20. The maximum absolute atomic E-state index is 11.2. The summed E-state index contributed by atoms with van der Waals surface area (Å²) >= 11 is 0. The van der Waals surface area contributed by atoms with Crippen LogP contribution in [0, 0.1) is 0 Å². The molecule has 0 bridgehead atoms. The molecule has 1 aliphatic heterocycles. The molecule has 1 fully saturated rings. The van der Waals surface area contributed by atoms with Crippen LogP contribution in [0.4, 0.5) is 0 Å². The van der Waals surface area contributed by atoms with E-state index in [2.05, 4.69) is 21.4 Å². The third-order valence-electron chi connectivity index (χ3n) is 4.03. The van der Waals surface area contributed by atoms with E-state index in [1.807, 2.05) is 6.07 Å². The van der Waals surface area contributed by atoms with Crippen molar-refractivity contribution in [2.24, 2.45) is 0 Å². The number of rotatable bonds is 4. The van der Waals surface area contributed by atoms with Gasteiger partial charge in [-0.1, -0.05) is 6.07 Å². The molecule has 1 atom stereocenters. The van der Waals surface area contributed by atoms with Crippen LogP contribution in [0.25, 0.3) is 11.0 Å². The van der Waals surface area contributed by atoms with Gasteiger partial charge in [-0.15, -0.1) is 0 Å². The second kappa shape index (κ2) is 5.25. The summed E-state index contributed by atoms with van der Waals surface area (Å²) < 4.78 is 2.08. The van der Waals surface area contributed by atoms with Gasteiger partial charge in [-0.25, -0.2) is 9.78 Å². The van der Waals surface area contributed by atoms with Crippen molar-refractivity contribution in [1.29, 1.82) is 0 Å². The Balaban J connectivity index is 1.91. The van der Waals surface area contributed by atoms with Crippen molar-refractivity contribution in [1.82, 2.24) is 14.5 Å². The predicted octanol–water partition coefficient (Wildman–Crippen LogP) is 2.39. The van der Waals surface area contributed by atoms with Crippen LogP contribution in [-0.2, 0) is 0 Å². The van der Waals surface area contributed by atoms with Crippen molar-refractivity contribution < 1.29 is 9.90 Å². The van der Waals surface area contributed by atoms with Crippen LogP contribution in [0.1, 0.15) is 36.2 Å². The van der Waals surface area contributed by atoms with Crippen molar-refractivity contribution in [3.05, 3.63) is 30.1 Å². The Hall–Kier alpha value is -1.88. The lowest BCUT2D eigenvalue weighted by molar-refractivity contribution is 0.0699. The Morgan fingerprint density at radius 2 is 2.15 bits per heavy atom. The highest BCUT2D eigenvalue weighted by Crippen LogP contribution is 2.22. The molecule has 1 N–H and O–H groups in total. The zero-order valence-corrected chi connectivity index (χ0v) is 11.6. The van der Waals surface area contributed by atoms with Crippen LogP contribution in [0.15, 0.2) is 24.5 Å². The van der Waals surface area contributed by atoms with E-state index >= 15 is 0 Å². The minimum atomic E-state index is -0.923.